The molecular formula is C16H28N2. The van der Waals surface area contributed by atoms with Crippen LogP contribution < -0.4 is 11.1 Å². The van der Waals surface area contributed by atoms with Crippen molar-refractivity contribution in [1.82, 2.24) is 5.32 Å². The number of hydrogen-bond acceptors (Lipinski definition) is 2. The molecule has 0 aliphatic rings. The molecule has 0 saturated carbocycles. The van der Waals surface area contributed by atoms with Crippen molar-refractivity contribution in [3.8, 4) is 0 Å². The smallest absolute Gasteiger partial charge is 0.0449 e. The van der Waals surface area contributed by atoms with Crippen molar-refractivity contribution in [2.75, 3.05) is 13.1 Å². The van der Waals surface area contributed by atoms with E-state index < -0.39 is 0 Å². The van der Waals surface area contributed by atoms with Crippen molar-refractivity contribution in [3.05, 3.63) is 34.9 Å². The first kappa shape index (κ1) is 15.2. The molecule has 2 nitrogen and oxygen atoms in total. The maximum Gasteiger partial charge on any atom is 0.0449 e. The SMILES string of the molecule is CCC(CC)CNC(CN)c1c(C)cccc1C. The Bertz CT molecular complexity index is 336. The largest absolute Gasteiger partial charge is 0.329 e. The Labute approximate surface area is 112 Å². The van der Waals surface area contributed by atoms with Gasteiger partial charge >= 0.3 is 0 Å². The molecule has 3 N–H and O–H groups in total. The van der Waals surface area contributed by atoms with Crippen LogP contribution in [0.1, 0.15) is 49.4 Å². The van der Waals surface area contributed by atoms with Gasteiger partial charge in [0.05, 0.1) is 0 Å². The molecular weight excluding hydrogens is 220 g/mol. The zero-order valence-corrected chi connectivity index (χ0v) is 12.3. The molecule has 0 heterocycles. The van der Waals surface area contributed by atoms with Crippen LogP contribution in [-0.4, -0.2) is 13.1 Å². The van der Waals surface area contributed by atoms with Gasteiger partial charge in [-0.3, -0.25) is 0 Å². The van der Waals surface area contributed by atoms with Crippen LogP contribution in [-0.2, 0) is 0 Å². The number of nitrogens with two attached hydrogens (primary N) is 1. The topological polar surface area (TPSA) is 38.0 Å². The van der Waals surface area contributed by atoms with Crippen molar-refractivity contribution >= 4 is 0 Å². The maximum absolute atomic E-state index is 5.95. The molecule has 1 rings (SSSR count). The number of aryl methyl sites for hydroxylation is 2. The van der Waals surface area contributed by atoms with Crippen molar-refractivity contribution in [3.63, 3.8) is 0 Å². The Hall–Kier alpha value is -0.860. The summed E-state index contributed by atoms with van der Waals surface area (Å²) in [5.74, 6) is 0.753. The predicted molar refractivity (Wildman–Crippen MR) is 79.8 cm³/mol. The van der Waals surface area contributed by atoms with E-state index in [-0.39, 0.29) is 6.04 Å². The minimum absolute atomic E-state index is 0.284. The van der Waals surface area contributed by atoms with E-state index >= 15 is 0 Å². The minimum atomic E-state index is 0.284. The highest BCUT2D eigenvalue weighted by Gasteiger charge is 2.15. The normalized spacial score (nSPS) is 13.0. The lowest BCUT2D eigenvalue weighted by atomic mass is 9.95. The maximum atomic E-state index is 5.95. The van der Waals surface area contributed by atoms with E-state index in [0.29, 0.717) is 6.54 Å². The molecule has 2 heteroatoms. The second kappa shape index (κ2) is 7.55. The summed E-state index contributed by atoms with van der Waals surface area (Å²) in [5, 5.41) is 3.64. The number of benzene rings is 1. The van der Waals surface area contributed by atoms with Crippen LogP contribution in [0.15, 0.2) is 18.2 Å². The lowest BCUT2D eigenvalue weighted by Crippen LogP contribution is -2.33. The molecule has 0 fully saturated rings. The van der Waals surface area contributed by atoms with E-state index in [2.05, 4.69) is 51.2 Å². The summed E-state index contributed by atoms with van der Waals surface area (Å²) in [6, 6.07) is 6.74. The summed E-state index contributed by atoms with van der Waals surface area (Å²) >= 11 is 0. The molecule has 102 valence electrons. The number of hydrogen-bond donors (Lipinski definition) is 2. The van der Waals surface area contributed by atoms with E-state index in [1.165, 1.54) is 29.5 Å². The molecule has 18 heavy (non-hydrogen) atoms. The summed E-state index contributed by atoms with van der Waals surface area (Å²) in [4.78, 5) is 0. The summed E-state index contributed by atoms with van der Waals surface area (Å²) < 4.78 is 0. The standard InChI is InChI=1S/C16H28N2/c1-5-14(6-2)11-18-15(10-17)16-12(3)8-7-9-13(16)4/h7-9,14-15,18H,5-6,10-11,17H2,1-4H3. The fourth-order valence-electron chi connectivity index (χ4n) is 2.57. The monoisotopic (exact) mass is 248 g/mol. The number of nitrogens with one attached hydrogen (secondary N) is 1. The quantitative estimate of drug-likeness (QED) is 0.777. The van der Waals surface area contributed by atoms with Crippen LogP contribution in [0, 0.1) is 19.8 Å². The van der Waals surface area contributed by atoms with Gasteiger partial charge in [-0.05, 0) is 43.0 Å². The van der Waals surface area contributed by atoms with Gasteiger partial charge in [-0.1, -0.05) is 44.9 Å². The molecule has 0 aliphatic heterocycles. The summed E-state index contributed by atoms with van der Waals surface area (Å²) in [6.45, 7) is 10.6. The second-order valence-electron chi connectivity index (χ2n) is 5.18. The molecule has 1 aromatic rings. The first-order valence-corrected chi connectivity index (χ1v) is 7.13. The average Bonchev–Trinajstić information content (AvgIpc) is 2.37. The van der Waals surface area contributed by atoms with Gasteiger partial charge in [0.25, 0.3) is 0 Å². The van der Waals surface area contributed by atoms with Crippen LogP contribution in [0.3, 0.4) is 0 Å². The van der Waals surface area contributed by atoms with E-state index in [1.807, 2.05) is 0 Å². The third-order valence-corrected chi connectivity index (χ3v) is 3.93. The molecule has 0 aliphatic carbocycles. The van der Waals surface area contributed by atoms with Gasteiger partial charge < -0.3 is 11.1 Å². The summed E-state index contributed by atoms with van der Waals surface area (Å²) in [7, 11) is 0. The lowest BCUT2D eigenvalue weighted by molar-refractivity contribution is 0.413. The molecule has 0 bridgehead atoms. The Morgan fingerprint density at radius 1 is 1.11 bits per heavy atom. The Morgan fingerprint density at radius 2 is 1.67 bits per heavy atom. The minimum Gasteiger partial charge on any atom is -0.329 e. The van der Waals surface area contributed by atoms with Crippen LogP contribution >= 0.6 is 0 Å². The van der Waals surface area contributed by atoms with Crippen LogP contribution in [0.4, 0.5) is 0 Å². The van der Waals surface area contributed by atoms with Gasteiger partial charge in [-0.25, -0.2) is 0 Å². The van der Waals surface area contributed by atoms with Crippen LogP contribution in [0.25, 0.3) is 0 Å². The summed E-state index contributed by atoms with van der Waals surface area (Å²) in [6.07, 6.45) is 2.46. The van der Waals surface area contributed by atoms with Gasteiger partial charge in [0, 0.05) is 12.6 Å². The molecule has 0 spiro atoms. The van der Waals surface area contributed by atoms with Crippen molar-refractivity contribution in [2.45, 2.75) is 46.6 Å². The first-order chi connectivity index (χ1) is 8.63. The average molecular weight is 248 g/mol. The third kappa shape index (κ3) is 3.82. The molecule has 0 amide bonds. The van der Waals surface area contributed by atoms with Crippen molar-refractivity contribution in [1.29, 1.82) is 0 Å². The van der Waals surface area contributed by atoms with E-state index in [4.69, 9.17) is 5.73 Å². The fourth-order valence-corrected chi connectivity index (χ4v) is 2.57. The highest BCUT2D eigenvalue weighted by molar-refractivity contribution is 5.36. The Morgan fingerprint density at radius 3 is 2.11 bits per heavy atom. The van der Waals surface area contributed by atoms with Gasteiger partial charge in [0.2, 0.25) is 0 Å². The van der Waals surface area contributed by atoms with Gasteiger partial charge in [-0.2, -0.15) is 0 Å². The van der Waals surface area contributed by atoms with Gasteiger partial charge in [0.15, 0.2) is 0 Å². The van der Waals surface area contributed by atoms with E-state index in [1.54, 1.807) is 0 Å². The highest BCUT2D eigenvalue weighted by atomic mass is 14.9. The zero-order valence-electron chi connectivity index (χ0n) is 12.3. The Kier molecular flexibility index (Phi) is 6.37. The van der Waals surface area contributed by atoms with E-state index in [0.717, 1.165) is 12.5 Å². The Balaban J connectivity index is 2.77. The lowest BCUT2D eigenvalue weighted by Gasteiger charge is -2.24. The molecule has 1 unspecified atom stereocenters. The zero-order chi connectivity index (χ0) is 13.5. The summed E-state index contributed by atoms with van der Waals surface area (Å²) in [5.41, 5.74) is 10.0. The molecule has 0 radical (unpaired) electrons. The molecule has 1 aromatic carbocycles. The van der Waals surface area contributed by atoms with Crippen LogP contribution in [0.2, 0.25) is 0 Å². The van der Waals surface area contributed by atoms with E-state index in [9.17, 15) is 0 Å². The van der Waals surface area contributed by atoms with Crippen molar-refractivity contribution in [2.24, 2.45) is 11.7 Å². The molecule has 0 aromatic heterocycles. The molecule has 1 atom stereocenters. The van der Waals surface area contributed by atoms with Gasteiger partial charge in [-0.15, -0.1) is 0 Å². The van der Waals surface area contributed by atoms with Crippen LogP contribution in [0.5, 0.6) is 0 Å². The highest BCUT2D eigenvalue weighted by Crippen LogP contribution is 2.21. The number of rotatable bonds is 7. The fraction of sp³-hybridized carbons (Fsp3) is 0.625. The first-order valence-electron chi connectivity index (χ1n) is 7.13. The van der Waals surface area contributed by atoms with Gasteiger partial charge in [0.1, 0.15) is 0 Å². The third-order valence-electron chi connectivity index (χ3n) is 3.93. The predicted octanol–water partition coefficient (Wildman–Crippen LogP) is 3.33. The van der Waals surface area contributed by atoms with Crippen molar-refractivity contribution < 1.29 is 0 Å². The molecule has 0 saturated heterocycles. The second-order valence-corrected chi connectivity index (χ2v) is 5.18.